The van der Waals surface area contributed by atoms with E-state index in [1.807, 2.05) is 54.6 Å². The van der Waals surface area contributed by atoms with E-state index in [0.717, 1.165) is 66.0 Å². The number of hydrazone groups is 1. The third kappa shape index (κ3) is 4.58. The van der Waals surface area contributed by atoms with Gasteiger partial charge < -0.3 is 9.47 Å². The van der Waals surface area contributed by atoms with E-state index in [1.54, 1.807) is 25.0 Å². The van der Waals surface area contributed by atoms with Crippen LogP contribution in [0.25, 0.3) is 16.9 Å². The van der Waals surface area contributed by atoms with Crippen molar-refractivity contribution >= 4 is 12.2 Å². The van der Waals surface area contributed by atoms with Crippen LogP contribution in [-0.4, -0.2) is 30.0 Å². The molecular formula is C32H32N4O3. The Morgan fingerprint density at radius 1 is 0.897 bits per heavy atom. The van der Waals surface area contributed by atoms with Gasteiger partial charge in [-0.15, -0.1) is 0 Å². The van der Waals surface area contributed by atoms with Crippen molar-refractivity contribution in [3.8, 4) is 28.4 Å². The summed E-state index contributed by atoms with van der Waals surface area (Å²) in [5.41, 5.74) is 8.35. The summed E-state index contributed by atoms with van der Waals surface area (Å²) in [4.78, 5) is 19.7. The summed E-state index contributed by atoms with van der Waals surface area (Å²) in [7, 11) is 3.27. The Labute approximate surface area is 228 Å². The number of nitrogens with one attached hydrogen (secondary N) is 1. The minimum absolute atomic E-state index is 0.0382. The van der Waals surface area contributed by atoms with E-state index in [-0.39, 0.29) is 11.0 Å². The molecule has 0 saturated heterocycles. The molecule has 0 bridgehead atoms. The van der Waals surface area contributed by atoms with Gasteiger partial charge in [0.15, 0.2) is 0 Å². The molecular weight excluding hydrogens is 488 g/mol. The molecule has 0 amide bonds. The smallest absolute Gasteiger partial charge is 0.263 e. The number of anilines is 1. The number of benzene rings is 3. The highest BCUT2D eigenvalue weighted by Gasteiger charge is 2.43. The lowest BCUT2D eigenvalue weighted by atomic mass is 9.62. The van der Waals surface area contributed by atoms with Gasteiger partial charge in [-0.05, 0) is 78.9 Å². The molecule has 0 aliphatic heterocycles. The molecule has 0 unspecified atom stereocenters. The Balaban J connectivity index is 1.52. The number of ether oxygens (including phenoxy) is 2. The zero-order valence-corrected chi connectivity index (χ0v) is 22.3. The zero-order valence-electron chi connectivity index (χ0n) is 22.3. The summed E-state index contributed by atoms with van der Waals surface area (Å²) >= 11 is 0. The molecule has 1 spiro atoms. The van der Waals surface area contributed by atoms with E-state index in [2.05, 4.69) is 28.7 Å². The first-order chi connectivity index (χ1) is 19.1. The Morgan fingerprint density at radius 3 is 2.26 bits per heavy atom. The summed E-state index contributed by atoms with van der Waals surface area (Å²) in [6, 6.07) is 23.5. The van der Waals surface area contributed by atoms with Crippen molar-refractivity contribution in [2.45, 2.75) is 43.9 Å². The average Bonchev–Trinajstić information content (AvgIpc) is 2.98. The second kappa shape index (κ2) is 10.4. The molecule has 0 atom stereocenters. The summed E-state index contributed by atoms with van der Waals surface area (Å²) in [6.45, 7) is 0. The molecule has 0 radical (unpaired) electrons. The van der Waals surface area contributed by atoms with Gasteiger partial charge in [0.25, 0.3) is 5.56 Å². The van der Waals surface area contributed by atoms with Gasteiger partial charge in [0.2, 0.25) is 5.95 Å². The van der Waals surface area contributed by atoms with Crippen molar-refractivity contribution < 1.29 is 9.47 Å². The Bertz CT molecular complexity index is 1570. The van der Waals surface area contributed by atoms with Crippen LogP contribution in [0.5, 0.6) is 11.5 Å². The third-order valence-electron chi connectivity index (χ3n) is 8.05. The number of aromatic nitrogens is 2. The van der Waals surface area contributed by atoms with Crippen molar-refractivity contribution in [1.29, 1.82) is 0 Å². The zero-order chi connectivity index (χ0) is 26.8. The van der Waals surface area contributed by atoms with E-state index >= 15 is 0 Å². The first-order valence-corrected chi connectivity index (χ1v) is 13.5. The van der Waals surface area contributed by atoms with Crippen molar-refractivity contribution in [1.82, 2.24) is 9.55 Å². The topological polar surface area (TPSA) is 77.7 Å². The van der Waals surface area contributed by atoms with Crippen LogP contribution in [0.2, 0.25) is 0 Å². The van der Waals surface area contributed by atoms with Crippen LogP contribution in [0.3, 0.4) is 0 Å². The summed E-state index contributed by atoms with van der Waals surface area (Å²) < 4.78 is 12.3. The van der Waals surface area contributed by atoms with Crippen LogP contribution < -0.4 is 20.5 Å². The van der Waals surface area contributed by atoms with E-state index < -0.39 is 0 Å². The van der Waals surface area contributed by atoms with Gasteiger partial charge in [-0.3, -0.25) is 4.79 Å². The van der Waals surface area contributed by atoms with Crippen molar-refractivity contribution in [3.63, 3.8) is 0 Å². The highest BCUT2D eigenvalue weighted by molar-refractivity contribution is 5.80. The lowest BCUT2D eigenvalue weighted by Crippen LogP contribution is -2.42. The second-order valence-corrected chi connectivity index (χ2v) is 10.3. The highest BCUT2D eigenvalue weighted by Crippen LogP contribution is 2.48. The summed E-state index contributed by atoms with van der Waals surface area (Å²) in [5, 5.41) is 4.47. The van der Waals surface area contributed by atoms with E-state index in [4.69, 9.17) is 14.5 Å². The molecule has 2 aliphatic rings. The highest BCUT2D eigenvalue weighted by atomic mass is 16.5. The minimum atomic E-state index is -0.203. The number of hydrogen-bond acceptors (Lipinski definition) is 6. The van der Waals surface area contributed by atoms with Gasteiger partial charge in [-0.25, -0.2) is 15.0 Å². The van der Waals surface area contributed by atoms with Crippen LogP contribution >= 0.6 is 0 Å². The second-order valence-electron chi connectivity index (χ2n) is 10.3. The average molecular weight is 521 g/mol. The predicted molar refractivity (Wildman–Crippen MR) is 154 cm³/mol. The van der Waals surface area contributed by atoms with E-state index in [1.165, 1.54) is 12.0 Å². The SMILES string of the molecule is COc1ccc(/C=N/Nc2nc3c(c(=O)n2-c2ccc(OC)cc2)C2(CCCCC2)Cc2ccccc2-3)cc1. The van der Waals surface area contributed by atoms with Gasteiger partial charge in [0.1, 0.15) is 11.5 Å². The molecule has 7 heteroatoms. The maximum absolute atomic E-state index is 14.6. The van der Waals surface area contributed by atoms with E-state index in [9.17, 15) is 4.79 Å². The number of hydrogen-bond donors (Lipinski definition) is 1. The molecule has 1 N–H and O–H groups in total. The lowest BCUT2D eigenvalue weighted by Gasteiger charge is -2.42. The maximum atomic E-state index is 14.6. The predicted octanol–water partition coefficient (Wildman–Crippen LogP) is 6.12. The first-order valence-electron chi connectivity index (χ1n) is 13.5. The molecule has 39 heavy (non-hydrogen) atoms. The lowest BCUT2D eigenvalue weighted by molar-refractivity contribution is 0.284. The first kappa shape index (κ1) is 24.9. The van der Waals surface area contributed by atoms with Gasteiger partial charge >= 0.3 is 0 Å². The number of nitrogens with zero attached hydrogens (tertiary/aromatic N) is 3. The standard InChI is InChI=1S/C32H32N4O3/c1-38-25-14-10-22(11-15-25)21-33-35-31-34-29-27-9-5-4-8-23(27)20-32(18-6-3-7-19-32)28(29)30(37)36(31)24-12-16-26(39-2)17-13-24/h4-5,8-17,21H,3,6-7,18-20H2,1-2H3,(H,34,35)/b33-21+. The van der Waals surface area contributed by atoms with Gasteiger partial charge in [0.05, 0.1) is 37.4 Å². The Morgan fingerprint density at radius 2 is 1.56 bits per heavy atom. The van der Waals surface area contributed by atoms with Crippen LogP contribution in [-0.2, 0) is 11.8 Å². The van der Waals surface area contributed by atoms with Gasteiger partial charge in [0, 0.05) is 11.0 Å². The van der Waals surface area contributed by atoms with Crippen LogP contribution in [0.4, 0.5) is 5.95 Å². The summed E-state index contributed by atoms with van der Waals surface area (Å²) in [5.74, 6) is 1.87. The van der Waals surface area contributed by atoms with Crippen LogP contribution in [0.15, 0.2) is 82.7 Å². The Kier molecular flexibility index (Phi) is 6.65. The fraction of sp³-hybridized carbons (Fsp3) is 0.281. The minimum Gasteiger partial charge on any atom is -0.497 e. The molecule has 4 aromatic rings. The molecule has 6 rings (SSSR count). The summed E-state index contributed by atoms with van der Waals surface area (Å²) in [6.07, 6.45) is 8.02. The number of rotatable bonds is 6. The molecule has 198 valence electrons. The molecule has 1 fully saturated rings. The largest absolute Gasteiger partial charge is 0.497 e. The van der Waals surface area contributed by atoms with E-state index in [0.29, 0.717) is 11.6 Å². The van der Waals surface area contributed by atoms with Gasteiger partial charge in [-0.2, -0.15) is 5.10 Å². The molecule has 2 aliphatic carbocycles. The number of methoxy groups -OCH3 is 2. The molecule has 3 aromatic carbocycles. The molecule has 1 aromatic heterocycles. The molecule has 1 saturated carbocycles. The fourth-order valence-corrected chi connectivity index (χ4v) is 6.11. The van der Waals surface area contributed by atoms with Crippen molar-refractivity contribution in [3.05, 3.63) is 99.8 Å². The van der Waals surface area contributed by atoms with Crippen molar-refractivity contribution in [2.75, 3.05) is 19.6 Å². The normalized spacial score (nSPS) is 15.5. The van der Waals surface area contributed by atoms with Crippen LogP contribution in [0, 0.1) is 0 Å². The van der Waals surface area contributed by atoms with Crippen molar-refractivity contribution in [2.24, 2.45) is 5.10 Å². The third-order valence-corrected chi connectivity index (χ3v) is 8.05. The quantitative estimate of drug-likeness (QED) is 0.245. The van der Waals surface area contributed by atoms with Gasteiger partial charge in [-0.1, -0.05) is 43.5 Å². The maximum Gasteiger partial charge on any atom is 0.263 e. The Hall–Kier alpha value is -4.39. The van der Waals surface area contributed by atoms with Crippen LogP contribution in [0.1, 0.15) is 48.8 Å². The molecule has 7 nitrogen and oxygen atoms in total. The monoisotopic (exact) mass is 520 g/mol. The molecule has 1 heterocycles. The fourth-order valence-electron chi connectivity index (χ4n) is 6.11. The number of fused-ring (bicyclic) bond motifs is 4.